The van der Waals surface area contributed by atoms with Crippen molar-refractivity contribution in [1.82, 2.24) is 9.47 Å². The molecule has 112 valence electrons. The van der Waals surface area contributed by atoms with Gasteiger partial charge in [-0.15, -0.1) is 0 Å². The summed E-state index contributed by atoms with van der Waals surface area (Å²) < 4.78 is 2.04. The van der Waals surface area contributed by atoms with Crippen LogP contribution in [0.2, 0.25) is 0 Å². The van der Waals surface area contributed by atoms with Gasteiger partial charge in [0.2, 0.25) is 0 Å². The molecule has 4 heteroatoms. The Hall–Kier alpha value is -1.81. The summed E-state index contributed by atoms with van der Waals surface area (Å²) in [7, 11) is 1.99. The number of piperidine rings is 1. The fraction of sp³-hybridized carbons (Fsp3) is 0.471. The van der Waals surface area contributed by atoms with Crippen LogP contribution in [0, 0.1) is 5.92 Å². The molecule has 0 radical (unpaired) electrons. The van der Waals surface area contributed by atoms with Crippen LogP contribution in [-0.4, -0.2) is 39.7 Å². The highest BCUT2D eigenvalue weighted by Gasteiger charge is 2.29. The van der Waals surface area contributed by atoms with Crippen LogP contribution in [0.5, 0.6) is 0 Å². The quantitative estimate of drug-likeness (QED) is 0.921. The Bertz CT molecular complexity index is 662. The van der Waals surface area contributed by atoms with Gasteiger partial charge >= 0.3 is 0 Å². The van der Waals surface area contributed by atoms with Gasteiger partial charge in [0.1, 0.15) is 0 Å². The lowest BCUT2D eigenvalue weighted by Gasteiger charge is -2.37. The van der Waals surface area contributed by atoms with E-state index in [1.54, 1.807) is 0 Å². The number of aryl methyl sites for hydroxylation is 1. The van der Waals surface area contributed by atoms with Crippen molar-refractivity contribution in [2.24, 2.45) is 13.0 Å². The molecule has 1 aromatic carbocycles. The molecule has 1 aromatic heterocycles. The first kappa shape index (κ1) is 14.1. The summed E-state index contributed by atoms with van der Waals surface area (Å²) in [5, 5.41) is 10.3. The van der Waals surface area contributed by atoms with Crippen LogP contribution in [0.4, 0.5) is 0 Å². The van der Waals surface area contributed by atoms with E-state index in [0.717, 1.165) is 35.9 Å². The third-order valence-corrected chi connectivity index (χ3v) is 4.66. The normalized spacial score (nSPS) is 22.7. The Morgan fingerprint density at radius 2 is 2.19 bits per heavy atom. The van der Waals surface area contributed by atoms with Crippen LogP contribution in [0.1, 0.15) is 30.1 Å². The van der Waals surface area contributed by atoms with Gasteiger partial charge in [0.15, 0.2) is 0 Å². The van der Waals surface area contributed by atoms with Crippen LogP contribution in [0.15, 0.2) is 30.5 Å². The van der Waals surface area contributed by atoms with E-state index >= 15 is 0 Å². The van der Waals surface area contributed by atoms with Gasteiger partial charge < -0.3 is 14.6 Å². The number of carbonyl (C=O) groups excluding carboxylic acids is 1. The predicted octanol–water partition coefficient (Wildman–Crippen LogP) is 2.41. The summed E-state index contributed by atoms with van der Waals surface area (Å²) in [5.41, 5.74) is 1.86. The Kier molecular flexibility index (Phi) is 3.72. The number of rotatable bonds is 2. The second kappa shape index (κ2) is 5.53. The number of nitrogens with zero attached hydrogens (tertiary/aromatic N) is 2. The Labute approximate surface area is 125 Å². The van der Waals surface area contributed by atoms with Crippen molar-refractivity contribution in [3.8, 4) is 0 Å². The molecule has 1 aliphatic rings. The van der Waals surface area contributed by atoms with Gasteiger partial charge in [-0.25, -0.2) is 0 Å². The lowest BCUT2D eigenvalue weighted by atomic mass is 9.91. The van der Waals surface area contributed by atoms with E-state index in [-0.39, 0.29) is 18.6 Å². The van der Waals surface area contributed by atoms with Crippen molar-refractivity contribution in [3.63, 3.8) is 0 Å². The molecule has 0 spiro atoms. The highest BCUT2D eigenvalue weighted by Crippen LogP contribution is 2.27. The lowest BCUT2D eigenvalue weighted by Crippen LogP contribution is -2.45. The topological polar surface area (TPSA) is 45.5 Å². The van der Waals surface area contributed by atoms with Crippen molar-refractivity contribution >= 4 is 16.8 Å². The zero-order valence-corrected chi connectivity index (χ0v) is 12.6. The van der Waals surface area contributed by atoms with Crippen molar-refractivity contribution in [3.05, 3.63) is 36.0 Å². The summed E-state index contributed by atoms with van der Waals surface area (Å²) in [6, 6.07) is 8.08. The molecule has 1 aliphatic heterocycles. The molecular formula is C17H22N2O2. The predicted molar refractivity (Wildman–Crippen MR) is 83.2 cm³/mol. The Morgan fingerprint density at radius 1 is 1.38 bits per heavy atom. The molecule has 2 heterocycles. The van der Waals surface area contributed by atoms with E-state index in [2.05, 4.69) is 6.92 Å². The van der Waals surface area contributed by atoms with Crippen molar-refractivity contribution < 1.29 is 9.90 Å². The first-order chi connectivity index (χ1) is 10.1. The van der Waals surface area contributed by atoms with Gasteiger partial charge in [-0.1, -0.05) is 6.07 Å². The maximum Gasteiger partial charge on any atom is 0.254 e. The van der Waals surface area contributed by atoms with Crippen molar-refractivity contribution in [2.45, 2.75) is 25.8 Å². The zero-order valence-electron chi connectivity index (χ0n) is 12.6. The first-order valence-corrected chi connectivity index (χ1v) is 7.57. The van der Waals surface area contributed by atoms with Gasteiger partial charge in [0.05, 0.1) is 0 Å². The number of aliphatic hydroxyl groups is 1. The molecule has 1 fully saturated rings. The number of amides is 1. The van der Waals surface area contributed by atoms with Gasteiger partial charge in [0, 0.05) is 48.9 Å². The zero-order chi connectivity index (χ0) is 15.0. The van der Waals surface area contributed by atoms with E-state index in [1.807, 2.05) is 47.0 Å². The Balaban J connectivity index is 1.91. The average Bonchev–Trinajstić information content (AvgIpc) is 2.88. The second-order valence-corrected chi connectivity index (χ2v) is 6.09. The number of aliphatic hydroxyl groups excluding tert-OH is 1. The maximum absolute atomic E-state index is 12.9. The Morgan fingerprint density at radius 3 is 2.90 bits per heavy atom. The van der Waals surface area contributed by atoms with Gasteiger partial charge in [-0.2, -0.15) is 0 Å². The molecule has 0 aliphatic carbocycles. The standard InChI is InChI=1S/C17H22N2O2/c1-12-10-13(11-20)6-9-19(12)17(21)15-4-3-5-16-14(15)7-8-18(16)2/h3-5,7-8,12-13,20H,6,9-11H2,1-2H3/t12-,13-/m0/s1. The first-order valence-electron chi connectivity index (χ1n) is 7.57. The number of hydrogen-bond acceptors (Lipinski definition) is 2. The molecule has 0 saturated carbocycles. The van der Waals surface area contributed by atoms with E-state index in [9.17, 15) is 9.90 Å². The van der Waals surface area contributed by atoms with Crippen molar-refractivity contribution in [2.75, 3.05) is 13.2 Å². The number of aromatic nitrogens is 1. The minimum absolute atomic E-state index is 0.107. The molecule has 3 rings (SSSR count). The third kappa shape index (κ3) is 2.44. The minimum Gasteiger partial charge on any atom is -0.396 e. The fourth-order valence-corrected chi connectivity index (χ4v) is 3.38. The fourth-order valence-electron chi connectivity index (χ4n) is 3.38. The lowest BCUT2D eigenvalue weighted by molar-refractivity contribution is 0.0517. The highest BCUT2D eigenvalue weighted by molar-refractivity contribution is 6.06. The van der Waals surface area contributed by atoms with E-state index < -0.39 is 0 Å². The third-order valence-electron chi connectivity index (χ3n) is 4.66. The van der Waals surface area contributed by atoms with Crippen LogP contribution >= 0.6 is 0 Å². The summed E-state index contributed by atoms with van der Waals surface area (Å²) in [5.74, 6) is 0.437. The van der Waals surface area contributed by atoms with Crippen molar-refractivity contribution in [1.29, 1.82) is 0 Å². The highest BCUT2D eigenvalue weighted by atomic mass is 16.3. The molecule has 1 N–H and O–H groups in total. The molecule has 0 unspecified atom stereocenters. The molecule has 1 amide bonds. The SMILES string of the molecule is C[C@H]1C[C@@H](CO)CCN1C(=O)c1cccc2c1ccn2C. The molecular weight excluding hydrogens is 264 g/mol. The van der Waals surface area contributed by atoms with Crippen LogP contribution in [0.25, 0.3) is 10.9 Å². The van der Waals surface area contributed by atoms with E-state index in [4.69, 9.17) is 0 Å². The van der Waals surface area contributed by atoms with E-state index in [1.165, 1.54) is 0 Å². The number of hydrogen-bond donors (Lipinski definition) is 1. The smallest absolute Gasteiger partial charge is 0.254 e. The number of likely N-dealkylation sites (tertiary alicyclic amines) is 1. The van der Waals surface area contributed by atoms with Gasteiger partial charge in [0.25, 0.3) is 5.91 Å². The molecule has 2 atom stereocenters. The molecule has 1 saturated heterocycles. The van der Waals surface area contributed by atoms with Crippen LogP contribution < -0.4 is 0 Å². The number of benzene rings is 1. The summed E-state index contributed by atoms with van der Waals surface area (Å²) in [6.45, 7) is 3.03. The summed E-state index contributed by atoms with van der Waals surface area (Å²) in [6.07, 6.45) is 3.76. The molecule has 2 aromatic rings. The molecule has 4 nitrogen and oxygen atoms in total. The summed E-state index contributed by atoms with van der Waals surface area (Å²) in [4.78, 5) is 14.8. The van der Waals surface area contributed by atoms with E-state index in [0.29, 0.717) is 5.92 Å². The number of carbonyl (C=O) groups is 1. The number of fused-ring (bicyclic) bond motifs is 1. The monoisotopic (exact) mass is 286 g/mol. The molecule has 0 bridgehead atoms. The second-order valence-electron chi connectivity index (χ2n) is 6.09. The van der Waals surface area contributed by atoms with Gasteiger partial charge in [-0.05, 0) is 43.9 Å². The minimum atomic E-state index is 0.107. The average molecular weight is 286 g/mol. The largest absolute Gasteiger partial charge is 0.396 e. The van der Waals surface area contributed by atoms with Crippen LogP contribution in [0.3, 0.4) is 0 Å². The van der Waals surface area contributed by atoms with Gasteiger partial charge in [-0.3, -0.25) is 4.79 Å². The maximum atomic E-state index is 12.9. The summed E-state index contributed by atoms with van der Waals surface area (Å²) >= 11 is 0. The molecule has 21 heavy (non-hydrogen) atoms. The van der Waals surface area contributed by atoms with Crippen LogP contribution in [-0.2, 0) is 7.05 Å².